The van der Waals surface area contributed by atoms with E-state index in [1.54, 1.807) is 6.26 Å². The zero-order valence-corrected chi connectivity index (χ0v) is 15.3. The highest BCUT2D eigenvalue weighted by Gasteiger charge is 2.35. The first-order chi connectivity index (χ1) is 12.8. The average molecular weight is 355 g/mol. The van der Waals surface area contributed by atoms with Gasteiger partial charge in [0.05, 0.1) is 18.9 Å². The summed E-state index contributed by atoms with van der Waals surface area (Å²) in [6, 6.07) is 9.23. The Morgan fingerprint density at radius 1 is 1.19 bits per heavy atom. The molecule has 2 N–H and O–H groups in total. The molecular formula is C21H29N3O2. The van der Waals surface area contributed by atoms with Crippen molar-refractivity contribution >= 4 is 0 Å². The van der Waals surface area contributed by atoms with Gasteiger partial charge in [0.1, 0.15) is 5.76 Å². The molecule has 0 spiro atoms. The number of rotatable bonds is 7. The van der Waals surface area contributed by atoms with Crippen molar-refractivity contribution in [2.75, 3.05) is 13.1 Å². The summed E-state index contributed by atoms with van der Waals surface area (Å²) in [5.74, 6) is 1.63. The smallest absolute Gasteiger partial charge is 0.117 e. The van der Waals surface area contributed by atoms with Gasteiger partial charge in [0.2, 0.25) is 0 Å². The van der Waals surface area contributed by atoms with E-state index in [1.807, 2.05) is 18.5 Å². The first-order valence-electron chi connectivity index (χ1n) is 9.84. The van der Waals surface area contributed by atoms with Crippen LogP contribution in [0.2, 0.25) is 0 Å². The minimum Gasteiger partial charge on any atom is -0.468 e. The Hall–Kier alpha value is -1.69. The first kappa shape index (κ1) is 17.7. The number of furan rings is 1. The van der Waals surface area contributed by atoms with E-state index in [2.05, 4.69) is 33.4 Å². The summed E-state index contributed by atoms with van der Waals surface area (Å²) >= 11 is 0. The predicted octanol–water partition coefficient (Wildman–Crippen LogP) is 2.61. The van der Waals surface area contributed by atoms with E-state index in [9.17, 15) is 5.11 Å². The molecule has 4 rings (SSSR count). The topological polar surface area (TPSA) is 61.5 Å². The highest BCUT2D eigenvalue weighted by molar-refractivity contribution is 5.12. The van der Waals surface area contributed by atoms with Crippen LogP contribution in [0.5, 0.6) is 0 Å². The molecule has 0 radical (unpaired) electrons. The Morgan fingerprint density at radius 3 is 2.62 bits per heavy atom. The molecule has 26 heavy (non-hydrogen) atoms. The number of piperidine rings is 1. The van der Waals surface area contributed by atoms with E-state index < -0.39 is 0 Å². The summed E-state index contributed by atoms with van der Waals surface area (Å²) < 4.78 is 5.47. The van der Waals surface area contributed by atoms with Gasteiger partial charge in [-0.1, -0.05) is 0 Å². The van der Waals surface area contributed by atoms with Crippen molar-refractivity contribution < 1.29 is 9.52 Å². The molecule has 140 valence electrons. The summed E-state index contributed by atoms with van der Waals surface area (Å²) in [4.78, 5) is 6.60. The van der Waals surface area contributed by atoms with Gasteiger partial charge < -0.3 is 14.8 Å². The van der Waals surface area contributed by atoms with Gasteiger partial charge in [-0.15, -0.1) is 0 Å². The highest BCUT2D eigenvalue weighted by Crippen LogP contribution is 2.32. The zero-order valence-electron chi connectivity index (χ0n) is 15.3. The summed E-state index contributed by atoms with van der Waals surface area (Å²) in [5, 5.41) is 13.7. The molecule has 0 aromatic carbocycles. The van der Waals surface area contributed by atoms with Crippen molar-refractivity contribution in [1.82, 2.24) is 15.2 Å². The van der Waals surface area contributed by atoms with Gasteiger partial charge in [0, 0.05) is 37.6 Å². The molecule has 3 heterocycles. The fourth-order valence-electron chi connectivity index (χ4n) is 4.28. The molecule has 2 aromatic heterocycles. The number of hydrogen-bond acceptors (Lipinski definition) is 5. The van der Waals surface area contributed by atoms with Crippen LogP contribution in [0.25, 0.3) is 0 Å². The van der Waals surface area contributed by atoms with Crippen LogP contribution in [0.3, 0.4) is 0 Å². The van der Waals surface area contributed by atoms with Gasteiger partial charge in [0.25, 0.3) is 0 Å². The van der Waals surface area contributed by atoms with E-state index >= 15 is 0 Å². The van der Waals surface area contributed by atoms with Crippen LogP contribution in [0.4, 0.5) is 0 Å². The second kappa shape index (κ2) is 8.33. The lowest BCUT2D eigenvalue weighted by Crippen LogP contribution is -2.52. The van der Waals surface area contributed by atoms with E-state index in [0.29, 0.717) is 18.0 Å². The Morgan fingerprint density at radius 2 is 1.96 bits per heavy atom. The van der Waals surface area contributed by atoms with Gasteiger partial charge in [-0.3, -0.25) is 9.88 Å². The van der Waals surface area contributed by atoms with Crippen LogP contribution in [-0.2, 0) is 13.0 Å². The van der Waals surface area contributed by atoms with Crippen molar-refractivity contribution in [2.24, 2.45) is 5.92 Å². The van der Waals surface area contributed by atoms with Crippen molar-refractivity contribution in [1.29, 1.82) is 0 Å². The van der Waals surface area contributed by atoms with E-state index in [1.165, 1.54) is 18.4 Å². The summed E-state index contributed by atoms with van der Waals surface area (Å²) in [6.07, 6.45) is 10.6. The first-order valence-corrected chi connectivity index (χ1v) is 9.84. The molecule has 2 aromatic rings. The number of aromatic nitrogens is 1. The van der Waals surface area contributed by atoms with Crippen LogP contribution in [0.1, 0.15) is 37.0 Å². The third kappa shape index (κ3) is 4.53. The minimum absolute atomic E-state index is 0.100. The third-order valence-corrected chi connectivity index (χ3v) is 5.92. The number of nitrogens with zero attached hydrogens (tertiary/aromatic N) is 2. The molecule has 2 aliphatic rings. The molecule has 0 amide bonds. The average Bonchev–Trinajstić information content (AvgIpc) is 3.14. The third-order valence-electron chi connectivity index (χ3n) is 5.92. The van der Waals surface area contributed by atoms with Crippen molar-refractivity contribution in [2.45, 2.75) is 56.8 Å². The SMILES string of the molecule is OC1CC([C@@H](Cc2ccncc2)NC2CCN(Cc3ccco3)CC2)C1. The van der Waals surface area contributed by atoms with Crippen molar-refractivity contribution in [3.8, 4) is 0 Å². The lowest BCUT2D eigenvalue weighted by atomic mass is 9.75. The fraction of sp³-hybridized carbons (Fsp3) is 0.571. The van der Waals surface area contributed by atoms with Crippen molar-refractivity contribution in [3.05, 3.63) is 54.2 Å². The van der Waals surface area contributed by atoms with Gasteiger partial charge in [-0.05, 0) is 67.9 Å². The van der Waals surface area contributed by atoms with E-state index in [0.717, 1.165) is 44.7 Å². The Balaban J connectivity index is 1.30. The van der Waals surface area contributed by atoms with Crippen LogP contribution >= 0.6 is 0 Å². The maximum atomic E-state index is 9.74. The summed E-state index contributed by atoms with van der Waals surface area (Å²) in [5.41, 5.74) is 1.33. The van der Waals surface area contributed by atoms with Gasteiger partial charge in [0.15, 0.2) is 0 Å². The Bertz CT molecular complexity index is 647. The second-order valence-electron chi connectivity index (χ2n) is 7.85. The van der Waals surface area contributed by atoms with Crippen LogP contribution in [0.15, 0.2) is 47.3 Å². The lowest BCUT2D eigenvalue weighted by molar-refractivity contribution is 0.0200. The maximum absolute atomic E-state index is 9.74. The second-order valence-corrected chi connectivity index (χ2v) is 7.85. The quantitative estimate of drug-likeness (QED) is 0.799. The van der Waals surface area contributed by atoms with Crippen LogP contribution in [-0.4, -0.2) is 46.3 Å². The van der Waals surface area contributed by atoms with Gasteiger partial charge >= 0.3 is 0 Å². The normalized spacial score (nSPS) is 25.7. The number of aliphatic hydroxyl groups excluding tert-OH is 1. The predicted molar refractivity (Wildman–Crippen MR) is 101 cm³/mol. The molecule has 2 fully saturated rings. The van der Waals surface area contributed by atoms with E-state index in [4.69, 9.17) is 4.42 Å². The van der Waals surface area contributed by atoms with Gasteiger partial charge in [-0.2, -0.15) is 0 Å². The molecular weight excluding hydrogens is 326 g/mol. The molecule has 1 saturated heterocycles. The molecule has 1 atom stereocenters. The van der Waals surface area contributed by atoms with E-state index in [-0.39, 0.29) is 6.10 Å². The molecule has 0 bridgehead atoms. The number of hydrogen-bond donors (Lipinski definition) is 2. The fourth-order valence-corrected chi connectivity index (χ4v) is 4.28. The number of nitrogens with one attached hydrogen (secondary N) is 1. The Kier molecular flexibility index (Phi) is 5.68. The maximum Gasteiger partial charge on any atom is 0.117 e. The monoisotopic (exact) mass is 355 g/mol. The summed E-state index contributed by atoms with van der Waals surface area (Å²) in [6.45, 7) is 3.12. The Labute approximate surface area is 155 Å². The highest BCUT2D eigenvalue weighted by atomic mass is 16.3. The minimum atomic E-state index is -0.100. The number of aliphatic hydroxyl groups is 1. The molecule has 1 aliphatic heterocycles. The van der Waals surface area contributed by atoms with Crippen LogP contribution < -0.4 is 5.32 Å². The number of pyridine rings is 1. The lowest BCUT2D eigenvalue weighted by Gasteiger charge is -2.41. The molecule has 1 saturated carbocycles. The number of likely N-dealkylation sites (tertiary alicyclic amines) is 1. The molecule has 5 heteroatoms. The molecule has 1 aliphatic carbocycles. The molecule has 0 unspecified atom stereocenters. The summed E-state index contributed by atoms with van der Waals surface area (Å²) in [7, 11) is 0. The van der Waals surface area contributed by atoms with Crippen molar-refractivity contribution in [3.63, 3.8) is 0 Å². The van der Waals surface area contributed by atoms with Crippen LogP contribution in [0, 0.1) is 5.92 Å². The standard InChI is InChI=1S/C21H29N3O2/c25-19-13-17(14-19)21(12-16-3-7-22-8-4-16)23-18-5-9-24(10-6-18)15-20-2-1-11-26-20/h1-4,7-8,11,17-19,21,23,25H,5-6,9-10,12-15H2/t17?,19?,21-/m1/s1. The largest absolute Gasteiger partial charge is 0.468 e. The van der Waals surface area contributed by atoms with Gasteiger partial charge in [-0.25, -0.2) is 0 Å². The molecule has 5 nitrogen and oxygen atoms in total. The zero-order chi connectivity index (χ0) is 17.8.